The molecule has 0 unspecified atom stereocenters. The fraction of sp³-hybridized carbons (Fsp3) is 0.750. The van der Waals surface area contributed by atoms with Gasteiger partial charge in [0.25, 0.3) is 0 Å². The van der Waals surface area contributed by atoms with Gasteiger partial charge in [-0.1, -0.05) is 6.58 Å². The zero-order chi connectivity index (χ0) is 16.8. The van der Waals surface area contributed by atoms with Crippen LogP contribution in [0.15, 0.2) is 12.2 Å². The van der Waals surface area contributed by atoms with Gasteiger partial charge in [0.05, 0.1) is 54.1 Å². The first-order valence-electron chi connectivity index (χ1n) is 6.55. The van der Waals surface area contributed by atoms with E-state index in [4.69, 9.17) is 18.9 Å². The van der Waals surface area contributed by atoms with E-state index >= 15 is 0 Å². The molecule has 0 aliphatic rings. The molecule has 130 valence electrons. The van der Waals surface area contributed by atoms with Gasteiger partial charge in [0.15, 0.2) is 0 Å². The monoisotopic (exact) mass is 418 g/mol. The van der Waals surface area contributed by atoms with Gasteiger partial charge in [0, 0.05) is 5.57 Å². The second-order valence-corrected chi connectivity index (χ2v) is 5.19. The van der Waals surface area contributed by atoms with Gasteiger partial charge in [0.2, 0.25) is 0 Å². The Labute approximate surface area is 227 Å². The zero-order valence-corrected chi connectivity index (χ0v) is 21.6. The molecule has 0 saturated carbocycles. The topological polar surface area (TPSA) is 126 Å². The van der Waals surface area contributed by atoms with E-state index in [9.17, 15) is 19.1 Å². The molecule has 0 N–H and O–H groups in total. The van der Waals surface area contributed by atoms with Crippen LogP contribution in [-0.4, -0.2) is 58.8 Å². The van der Waals surface area contributed by atoms with Crippen LogP contribution in [0.25, 0.3) is 0 Å². The molecule has 0 saturated heterocycles. The molecular formula is C12H21K2O9P. The van der Waals surface area contributed by atoms with Crippen molar-refractivity contribution in [3.8, 4) is 0 Å². The molecule has 0 aromatic heterocycles. The van der Waals surface area contributed by atoms with E-state index < -0.39 is 13.8 Å². The molecule has 0 atom stereocenters. The number of esters is 1. The Morgan fingerprint density at radius 1 is 0.875 bits per heavy atom. The van der Waals surface area contributed by atoms with E-state index in [1.165, 1.54) is 0 Å². The molecule has 0 aromatic carbocycles. The number of ether oxygens (including phenoxy) is 4. The third-order valence-electron chi connectivity index (χ3n) is 2.03. The van der Waals surface area contributed by atoms with Gasteiger partial charge in [-0.15, -0.1) is 0 Å². The molecule has 0 rings (SSSR count). The predicted octanol–water partition coefficient (Wildman–Crippen LogP) is -6.99. The predicted molar refractivity (Wildman–Crippen MR) is 71.8 cm³/mol. The van der Waals surface area contributed by atoms with Crippen LogP contribution in [0.2, 0.25) is 0 Å². The Kier molecular flexibility index (Phi) is 26.3. The van der Waals surface area contributed by atoms with Crippen molar-refractivity contribution in [2.45, 2.75) is 6.92 Å². The SMILES string of the molecule is C=C(C)C(=O)OCCOCCOCCOCCOP(=O)([O-])[O-].[K+].[K+]. The number of hydrogen-bond acceptors (Lipinski definition) is 9. The number of carbonyl (C=O) groups excluding carboxylic acids is 1. The second-order valence-electron chi connectivity index (χ2n) is 4.03. The maximum absolute atomic E-state index is 11.0. The van der Waals surface area contributed by atoms with Gasteiger partial charge in [-0.05, 0) is 6.92 Å². The molecule has 0 spiro atoms. The third-order valence-corrected chi connectivity index (χ3v) is 2.53. The molecule has 9 nitrogen and oxygen atoms in total. The molecule has 0 aliphatic heterocycles. The summed E-state index contributed by atoms with van der Waals surface area (Å²) in [4.78, 5) is 31.2. The minimum atomic E-state index is -4.92. The zero-order valence-electron chi connectivity index (χ0n) is 14.5. The van der Waals surface area contributed by atoms with E-state index in [2.05, 4.69) is 11.1 Å². The van der Waals surface area contributed by atoms with Crippen molar-refractivity contribution >= 4 is 13.8 Å². The maximum atomic E-state index is 11.0. The molecule has 0 aliphatic carbocycles. The average Bonchev–Trinajstić information content (AvgIpc) is 2.42. The van der Waals surface area contributed by atoms with Gasteiger partial charge in [0.1, 0.15) is 6.61 Å². The van der Waals surface area contributed by atoms with Crippen LogP contribution >= 0.6 is 7.82 Å². The van der Waals surface area contributed by atoms with Crippen LogP contribution in [0.4, 0.5) is 0 Å². The van der Waals surface area contributed by atoms with Gasteiger partial charge >= 0.3 is 109 Å². The van der Waals surface area contributed by atoms with Crippen LogP contribution in [0.3, 0.4) is 0 Å². The summed E-state index contributed by atoms with van der Waals surface area (Å²) in [6.07, 6.45) is 0. The van der Waals surface area contributed by atoms with E-state index in [-0.39, 0.29) is 136 Å². The summed E-state index contributed by atoms with van der Waals surface area (Å²) in [6.45, 7) is 6.30. The second kappa shape index (κ2) is 20.2. The summed E-state index contributed by atoms with van der Waals surface area (Å²) < 4.78 is 34.2. The number of phosphoric acid groups is 1. The Hall–Kier alpha value is 2.47. The molecule has 0 bridgehead atoms. The first kappa shape index (κ1) is 31.2. The van der Waals surface area contributed by atoms with E-state index in [1.54, 1.807) is 6.92 Å². The van der Waals surface area contributed by atoms with Crippen LogP contribution in [0.5, 0.6) is 0 Å². The van der Waals surface area contributed by atoms with Crippen LogP contribution in [0.1, 0.15) is 6.92 Å². The van der Waals surface area contributed by atoms with E-state index in [1.807, 2.05) is 0 Å². The Bertz CT molecular complexity index is 376. The summed E-state index contributed by atoms with van der Waals surface area (Å²) in [5.74, 6) is -0.453. The third kappa shape index (κ3) is 24.5. The molecule has 0 aromatic rings. The fourth-order valence-electron chi connectivity index (χ4n) is 1.07. The van der Waals surface area contributed by atoms with Crippen molar-refractivity contribution in [1.29, 1.82) is 0 Å². The van der Waals surface area contributed by atoms with Crippen molar-refractivity contribution in [2.75, 3.05) is 52.9 Å². The molecule has 12 heteroatoms. The molecule has 0 heterocycles. The van der Waals surface area contributed by atoms with Crippen molar-refractivity contribution in [1.82, 2.24) is 0 Å². The van der Waals surface area contributed by atoms with Gasteiger partial charge in [-0.3, -0.25) is 0 Å². The first-order valence-corrected chi connectivity index (χ1v) is 8.01. The summed E-state index contributed by atoms with van der Waals surface area (Å²) in [6, 6.07) is 0. The summed E-state index contributed by atoms with van der Waals surface area (Å²) >= 11 is 0. The van der Waals surface area contributed by atoms with Crippen molar-refractivity contribution in [3.63, 3.8) is 0 Å². The summed E-state index contributed by atoms with van der Waals surface area (Å²) in [7, 11) is -4.92. The van der Waals surface area contributed by atoms with Crippen molar-refractivity contribution < 1.29 is 145 Å². The summed E-state index contributed by atoms with van der Waals surface area (Å²) in [5, 5.41) is 0. The standard InChI is InChI=1S/C12H23O9P.2K/c1-11(2)12(13)20-9-7-18-5-3-17-4-6-19-8-10-21-22(14,15)16;;/h1,3-10H2,2H3,(H2,14,15,16);;/q;2*+1/p-2. The minimum Gasteiger partial charge on any atom is -0.790 e. The Morgan fingerprint density at radius 2 is 1.25 bits per heavy atom. The number of carbonyl (C=O) groups is 1. The van der Waals surface area contributed by atoms with Crippen molar-refractivity contribution in [2.24, 2.45) is 0 Å². The molecule has 0 radical (unpaired) electrons. The first-order chi connectivity index (χ1) is 10.3. The minimum absolute atomic E-state index is 0. The molecular weight excluding hydrogens is 397 g/mol. The Morgan fingerprint density at radius 3 is 1.62 bits per heavy atom. The Balaban J connectivity index is -0.00000220. The van der Waals surface area contributed by atoms with Crippen LogP contribution in [0, 0.1) is 0 Å². The quantitative estimate of drug-likeness (QED) is 0.0889. The molecule has 0 fully saturated rings. The van der Waals surface area contributed by atoms with Gasteiger partial charge in [-0.2, -0.15) is 0 Å². The van der Waals surface area contributed by atoms with Crippen LogP contribution in [-0.2, 0) is 32.8 Å². The van der Waals surface area contributed by atoms with Gasteiger partial charge < -0.3 is 37.8 Å². The maximum Gasteiger partial charge on any atom is 1.00 e. The van der Waals surface area contributed by atoms with Crippen LogP contribution < -0.4 is 113 Å². The number of rotatable bonds is 14. The van der Waals surface area contributed by atoms with Crippen molar-refractivity contribution in [3.05, 3.63) is 12.2 Å². The average molecular weight is 418 g/mol. The molecule has 0 amide bonds. The largest absolute Gasteiger partial charge is 1.00 e. The summed E-state index contributed by atoms with van der Waals surface area (Å²) in [5.41, 5.74) is 0.335. The molecule has 24 heavy (non-hydrogen) atoms. The van der Waals surface area contributed by atoms with E-state index in [0.29, 0.717) is 25.4 Å². The smallest absolute Gasteiger partial charge is 0.790 e. The van der Waals surface area contributed by atoms with E-state index in [0.717, 1.165) is 0 Å². The number of phosphoric ester groups is 1. The van der Waals surface area contributed by atoms with Gasteiger partial charge in [-0.25, -0.2) is 4.79 Å². The fourth-order valence-corrected chi connectivity index (χ4v) is 1.36. The number of hydrogen-bond donors (Lipinski definition) is 0. The normalized spacial score (nSPS) is 10.5.